The Kier molecular flexibility index (Phi) is 2.51. The zero-order valence-corrected chi connectivity index (χ0v) is 8.89. The predicted molar refractivity (Wildman–Crippen MR) is 58.5 cm³/mol. The van der Waals surface area contributed by atoms with E-state index in [9.17, 15) is 19.5 Å². The van der Waals surface area contributed by atoms with Gasteiger partial charge in [0.25, 0.3) is 0 Å². The van der Waals surface area contributed by atoms with Crippen LogP contribution in [-0.4, -0.2) is 16.7 Å². The van der Waals surface area contributed by atoms with Crippen LogP contribution in [0.25, 0.3) is 5.57 Å². The van der Waals surface area contributed by atoms with Gasteiger partial charge < -0.3 is 9.52 Å². The molecule has 1 aromatic heterocycles. The highest BCUT2D eigenvalue weighted by Crippen LogP contribution is 2.25. The van der Waals surface area contributed by atoms with E-state index in [1.54, 1.807) is 0 Å². The summed E-state index contributed by atoms with van der Waals surface area (Å²) in [5, 5.41) is 9.65. The van der Waals surface area contributed by atoms with E-state index in [1.807, 2.05) is 0 Å². The average molecular weight is 232 g/mol. The molecule has 1 heterocycles. The first kappa shape index (κ1) is 11.1. The molecule has 0 unspecified atom stereocenters. The van der Waals surface area contributed by atoms with Crippen LogP contribution in [0.1, 0.15) is 11.3 Å². The van der Waals surface area contributed by atoms with Gasteiger partial charge in [0, 0.05) is 6.07 Å². The van der Waals surface area contributed by atoms with E-state index >= 15 is 0 Å². The topological polar surface area (TPSA) is 84.6 Å². The summed E-state index contributed by atoms with van der Waals surface area (Å²) >= 11 is 0. The van der Waals surface area contributed by atoms with Crippen molar-refractivity contribution in [3.63, 3.8) is 0 Å². The quantitative estimate of drug-likeness (QED) is 0.570. The minimum absolute atomic E-state index is 0.118. The lowest BCUT2D eigenvalue weighted by molar-refractivity contribution is -0.131. The van der Waals surface area contributed by atoms with Crippen molar-refractivity contribution in [3.8, 4) is 5.75 Å². The van der Waals surface area contributed by atoms with Crippen LogP contribution >= 0.6 is 0 Å². The fourth-order valence-corrected chi connectivity index (χ4v) is 1.53. The van der Waals surface area contributed by atoms with Crippen molar-refractivity contribution in [3.05, 3.63) is 46.0 Å². The summed E-state index contributed by atoms with van der Waals surface area (Å²) in [7, 11) is 0. The van der Waals surface area contributed by atoms with Gasteiger partial charge in [-0.3, -0.25) is 9.59 Å². The first-order valence-electron chi connectivity index (χ1n) is 4.81. The fourth-order valence-electron chi connectivity index (χ4n) is 1.53. The molecule has 0 saturated heterocycles. The second kappa shape index (κ2) is 3.86. The van der Waals surface area contributed by atoms with Crippen LogP contribution in [0.5, 0.6) is 5.75 Å². The minimum atomic E-state index is -0.749. The number of aromatic hydroxyl groups is 1. The molecule has 0 atom stereocenters. The van der Waals surface area contributed by atoms with E-state index in [1.165, 1.54) is 19.1 Å². The molecule has 1 aliphatic rings. The normalized spacial score (nSPS) is 15.0. The second-order valence-electron chi connectivity index (χ2n) is 3.57. The van der Waals surface area contributed by atoms with Crippen molar-refractivity contribution in [1.29, 1.82) is 0 Å². The van der Waals surface area contributed by atoms with E-state index in [-0.39, 0.29) is 22.6 Å². The first-order valence-corrected chi connectivity index (χ1v) is 4.81. The number of aryl methyl sites for hydroxylation is 1. The van der Waals surface area contributed by atoms with Gasteiger partial charge in [0.05, 0.1) is 0 Å². The Morgan fingerprint density at radius 2 is 1.82 bits per heavy atom. The number of ketones is 2. The lowest BCUT2D eigenvalue weighted by atomic mass is 9.99. The van der Waals surface area contributed by atoms with Crippen LogP contribution in [0.15, 0.2) is 33.5 Å². The molecule has 0 fully saturated rings. The maximum atomic E-state index is 11.6. The molecule has 1 aliphatic carbocycles. The molecule has 1 N–H and O–H groups in total. The van der Waals surface area contributed by atoms with E-state index in [0.29, 0.717) is 0 Å². The van der Waals surface area contributed by atoms with Gasteiger partial charge in [0.2, 0.25) is 11.6 Å². The highest BCUT2D eigenvalue weighted by atomic mass is 16.4. The molecular formula is C12H8O5. The molecular weight excluding hydrogens is 224 g/mol. The van der Waals surface area contributed by atoms with Crippen LogP contribution < -0.4 is 5.63 Å². The number of rotatable bonds is 1. The van der Waals surface area contributed by atoms with Gasteiger partial charge in [0.15, 0.2) is 0 Å². The number of carbonyl (C=O) groups is 2. The summed E-state index contributed by atoms with van der Waals surface area (Å²) in [6.45, 7) is 1.52. The van der Waals surface area contributed by atoms with Crippen LogP contribution in [0.4, 0.5) is 0 Å². The molecule has 0 bridgehead atoms. The maximum absolute atomic E-state index is 11.6. The van der Waals surface area contributed by atoms with Crippen molar-refractivity contribution in [2.24, 2.45) is 0 Å². The molecule has 0 aromatic carbocycles. The lowest BCUT2D eigenvalue weighted by Gasteiger charge is -2.06. The zero-order valence-electron chi connectivity index (χ0n) is 8.89. The highest BCUT2D eigenvalue weighted by molar-refractivity contribution is 6.48. The van der Waals surface area contributed by atoms with Crippen molar-refractivity contribution in [2.45, 2.75) is 6.92 Å². The third kappa shape index (κ3) is 1.94. The van der Waals surface area contributed by atoms with Gasteiger partial charge in [-0.05, 0) is 30.7 Å². The molecule has 0 saturated carbocycles. The predicted octanol–water partition coefficient (Wildman–Crippen LogP) is 0.745. The van der Waals surface area contributed by atoms with Crippen LogP contribution in [0.3, 0.4) is 0 Å². The molecule has 0 radical (unpaired) electrons. The molecule has 2 rings (SSSR count). The minimum Gasteiger partial charge on any atom is -0.507 e. The smallest absolute Gasteiger partial charge is 0.347 e. The molecule has 0 amide bonds. The van der Waals surface area contributed by atoms with Gasteiger partial charge >= 0.3 is 5.63 Å². The number of hydrogen-bond donors (Lipinski definition) is 1. The average Bonchev–Trinajstić information content (AvgIpc) is 2.21. The Bertz CT molecular complexity index is 631. The molecule has 5 nitrogen and oxygen atoms in total. The van der Waals surface area contributed by atoms with E-state index < -0.39 is 17.2 Å². The fraction of sp³-hybridized carbons (Fsp3) is 0.0833. The standard InChI is InChI=1S/C12H8O5/c1-6-4-10(15)11(12(16)17-6)7-2-3-8(13)9(14)5-7/h2-5,15H,1H3. The summed E-state index contributed by atoms with van der Waals surface area (Å²) in [5.74, 6) is -1.41. The molecule has 5 heteroatoms. The van der Waals surface area contributed by atoms with Gasteiger partial charge in [-0.15, -0.1) is 0 Å². The number of carbonyl (C=O) groups excluding carboxylic acids is 2. The van der Waals surface area contributed by atoms with Crippen LogP contribution in [-0.2, 0) is 9.59 Å². The van der Waals surface area contributed by atoms with Crippen molar-refractivity contribution >= 4 is 17.1 Å². The second-order valence-corrected chi connectivity index (χ2v) is 3.57. The van der Waals surface area contributed by atoms with Crippen molar-refractivity contribution in [1.82, 2.24) is 0 Å². The van der Waals surface area contributed by atoms with Gasteiger partial charge in [-0.25, -0.2) is 4.79 Å². The largest absolute Gasteiger partial charge is 0.507 e. The maximum Gasteiger partial charge on any atom is 0.347 e. The molecule has 0 spiro atoms. The Morgan fingerprint density at radius 3 is 2.41 bits per heavy atom. The molecule has 0 aliphatic heterocycles. The van der Waals surface area contributed by atoms with Crippen molar-refractivity contribution < 1.29 is 19.1 Å². The highest BCUT2D eigenvalue weighted by Gasteiger charge is 2.19. The zero-order chi connectivity index (χ0) is 12.6. The van der Waals surface area contributed by atoms with Gasteiger partial charge in [-0.2, -0.15) is 0 Å². The van der Waals surface area contributed by atoms with Gasteiger partial charge in [-0.1, -0.05) is 0 Å². The third-order valence-electron chi connectivity index (χ3n) is 2.29. The first-order chi connectivity index (χ1) is 7.99. The molecule has 86 valence electrons. The molecule has 17 heavy (non-hydrogen) atoms. The van der Waals surface area contributed by atoms with Gasteiger partial charge in [0.1, 0.15) is 17.1 Å². The number of allylic oxidation sites excluding steroid dienone is 4. The summed E-state index contributed by atoms with van der Waals surface area (Å²) < 4.78 is 4.82. The Labute approximate surface area is 95.7 Å². The Morgan fingerprint density at radius 1 is 1.12 bits per heavy atom. The van der Waals surface area contributed by atoms with Crippen molar-refractivity contribution in [2.75, 3.05) is 0 Å². The van der Waals surface area contributed by atoms with Crippen LogP contribution in [0, 0.1) is 6.92 Å². The SMILES string of the molecule is Cc1cc(O)c(C2=CC(=O)C(=O)C=C2)c(=O)o1. The summed E-state index contributed by atoms with van der Waals surface area (Å²) in [4.78, 5) is 33.7. The third-order valence-corrected chi connectivity index (χ3v) is 2.29. The van der Waals surface area contributed by atoms with Crippen LogP contribution in [0.2, 0.25) is 0 Å². The Balaban J connectivity index is 2.61. The Hall–Kier alpha value is -2.43. The summed E-state index contributed by atoms with van der Waals surface area (Å²) in [5.41, 5.74) is -0.700. The summed E-state index contributed by atoms with van der Waals surface area (Å²) in [6.07, 6.45) is 3.35. The monoisotopic (exact) mass is 232 g/mol. The molecule has 1 aromatic rings. The van der Waals surface area contributed by atoms with E-state index in [2.05, 4.69) is 0 Å². The number of hydrogen-bond acceptors (Lipinski definition) is 5. The van der Waals surface area contributed by atoms with E-state index in [4.69, 9.17) is 4.42 Å². The lowest BCUT2D eigenvalue weighted by Crippen LogP contribution is -2.14. The summed E-state index contributed by atoms with van der Waals surface area (Å²) in [6, 6.07) is 1.27. The van der Waals surface area contributed by atoms with E-state index in [0.717, 1.165) is 12.2 Å².